The predicted molar refractivity (Wildman–Crippen MR) is 91.5 cm³/mol. The number of nitrogens with one attached hydrogen (secondary N) is 2. The van der Waals surface area contributed by atoms with E-state index in [0.717, 1.165) is 23.5 Å². The minimum absolute atomic E-state index is 0.0943. The number of carbonyl (C=O) groups excluding carboxylic acids is 1. The van der Waals surface area contributed by atoms with Gasteiger partial charge in [0.2, 0.25) is 5.91 Å². The number of ether oxygens (including phenoxy) is 2. The second-order valence-corrected chi connectivity index (χ2v) is 5.87. The van der Waals surface area contributed by atoms with Crippen LogP contribution in [0.1, 0.15) is 12.5 Å². The molecule has 6 nitrogen and oxygen atoms in total. The molecule has 1 unspecified atom stereocenters. The number of rotatable bonds is 8. The Morgan fingerprint density at radius 2 is 1.96 bits per heavy atom. The lowest BCUT2D eigenvalue weighted by atomic mass is 10.1. The Balaban J connectivity index is 1.83. The maximum atomic E-state index is 12.0. The Morgan fingerprint density at radius 1 is 1.26 bits per heavy atom. The van der Waals surface area contributed by atoms with E-state index in [1.165, 1.54) is 11.3 Å². The molecule has 0 aliphatic heterocycles. The van der Waals surface area contributed by atoms with E-state index in [1.54, 1.807) is 20.4 Å². The van der Waals surface area contributed by atoms with Crippen LogP contribution in [0.3, 0.4) is 0 Å². The van der Waals surface area contributed by atoms with E-state index in [0.29, 0.717) is 11.7 Å². The zero-order valence-electron chi connectivity index (χ0n) is 13.5. The maximum Gasteiger partial charge on any atom is 0.243 e. The van der Waals surface area contributed by atoms with Crippen molar-refractivity contribution in [2.75, 3.05) is 26.1 Å². The van der Waals surface area contributed by atoms with Crippen LogP contribution in [0.5, 0.6) is 11.5 Å². The summed E-state index contributed by atoms with van der Waals surface area (Å²) < 4.78 is 10.5. The molecule has 2 rings (SSSR count). The van der Waals surface area contributed by atoms with Crippen molar-refractivity contribution in [3.8, 4) is 11.5 Å². The third kappa shape index (κ3) is 5.22. The van der Waals surface area contributed by atoms with Gasteiger partial charge in [-0.1, -0.05) is 0 Å². The third-order valence-corrected chi connectivity index (χ3v) is 4.02. The second kappa shape index (κ2) is 8.50. The fourth-order valence-corrected chi connectivity index (χ4v) is 2.57. The topological polar surface area (TPSA) is 72.5 Å². The van der Waals surface area contributed by atoms with Crippen molar-refractivity contribution in [2.24, 2.45) is 0 Å². The summed E-state index contributed by atoms with van der Waals surface area (Å²) >= 11 is 1.40. The third-order valence-electron chi connectivity index (χ3n) is 3.33. The molecule has 0 spiro atoms. The van der Waals surface area contributed by atoms with Gasteiger partial charge in [0, 0.05) is 17.6 Å². The van der Waals surface area contributed by atoms with E-state index in [9.17, 15) is 4.79 Å². The van der Waals surface area contributed by atoms with Crippen LogP contribution >= 0.6 is 11.3 Å². The van der Waals surface area contributed by atoms with Crippen LogP contribution in [0.2, 0.25) is 0 Å². The summed E-state index contributed by atoms with van der Waals surface area (Å²) in [6.07, 6.45) is 2.43. The van der Waals surface area contributed by atoms with Gasteiger partial charge >= 0.3 is 0 Å². The molecule has 2 N–H and O–H groups in total. The van der Waals surface area contributed by atoms with Gasteiger partial charge < -0.3 is 20.1 Å². The molecule has 1 aromatic carbocycles. The number of hydrogen-bond donors (Lipinski definition) is 2. The van der Waals surface area contributed by atoms with Crippen molar-refractivity contribution in [1.29, 1.82) is 0 Å². The van der Waals surface area contributed by atoms with Gasteiger partial charge in [-0.3, -0.25) is 4.79 Å². The summed E-state index contributed by atoms with van der Waals surface area (Å²) in [5.41, 5.74) is 1.08. The minimum atomic E-state index is -0.300. The van der Waals surface area contributed by atoms with Crippen molar-refractivity contribution in [3.05, 3.63) is 35.3 Å². The second-order valence-electron chi connectivity index (χ2n) is 4.97. The summed E-state index contributed by atoms with van der Waals surface area (Å²) in [6, 6.07) is 5.46. The van der Waals surface area contributed by atoms with Gasteiger partial charge in [-0.05, 0) is 37.6 Å². The van der Waals surface area contributed by atoms with E-state index >= 15 is 0 Å². The quantitative estimate of drug-likeness (QED) is 0.774. The molecule has 1 aromatic heterocycles. The highest BCUT2D eigenvalue weighted by Gasteiger charge is 2.13. The van der Waals surface area contributed by atoms with Crippen molar-refractivity contribution in [3.63, 3.8) is 0 Å². The molecule has 7 heteroatoms. The summed E-state index contributed by atoms with van der Waals surface area (Å²) in [4.78, 5) is 16.0. The van der Waals surface area contributed by atoms with Crippen LogP contribution in [0.15, 0.2) is 29.8 Å². The molecule has 0 bridgehead atoms. The smallest absolute Gasteiger partial charge is 0.243 e. The molecular weight excluding hydrogens is 314 g/mol. The van der Waals surface area contributed by atoms with Crippen molar-refractivity contribution >= 4 is 22.4 Å². The first-order valence-electron chi connectivity index (χ1n) is 7.28. The maximum absolute atomic E-state index is 12.0. The van der Waals surface area contributed by atoms with E-state index in [2.05, 4.69) is 15.6 Å². The molecule has 124 valence electrons. The van der Waals surface area contributed by atoms with E-state index < -0.39 is 0 Å². The highest BCUT2D eigenvalue weighted by atomic mass is 32.1. The standard InChI is InChI=1S/C16H21N3O3S/c1-11(15(20)19-16-18-6-7-23-16)17-5-4-12-8-13(21-2)10-14(9-12)22-3/h6-11,17H,4-5H2,1-3H3,(H,18,19,20). The van der Waals surface area contributed by atoms with Crippen molar-refractivity contribution < 1.29 is 14.3 Å². The highest BCUT2D eigenvalue weighted by molar-refractivity contribution is 7.13. The van der Waals surface area contributed by atoms with E-state index in [1.807, 2.05) is 30.5 Å². The number of benzene rings is 1. The molecule has 2 aromatic rings. The fraction of sp³-hybridized carbons (Fsp3) is 0.375. The average Bonchev–Trinajstić information content (AvgIpc) is 3.07. The van der Waals surface area contributed by atoms with Gasteiger partial charge in [0.15, 0.2) is 5.13 Å². The van der Waals surface area contributed by atoms with Crippen LogP contribution in [0.25, 0.3) is 0 Å². The summed E-state index contributed by atoms with van der Waals surface area (Å²) in [6.45, 7) is 2.50. The van der Waals surface area contributed by atoms with Crippen molar-refractivity contribution in [1.82, 2.24) is 10.3 Å². The molecule has 0 fully saturated rings. The number of anilines is 1. The SMILES string of the molecule is COc1cc(CCNC(C)C(=O)Nc2nccs2)cc(OC)c1. The number of nitrogens with zero attached hydrogens (tertiary/aromatic N) is 1. The van der Waals surface area contributed by atoms with Gasteiger partial charge in [0.05, 0.1) is 20.3 Å². The number of carbonyl (C=O) groups is 1. The molecule has 1 amide bonds. The normalized spacial score (nSPS) is 11.8. The number of amides is 1. The summed E-state index contributed by atoms with van der Waals surface area (Å²) in [5, 5.41) is 8.41. The average molecular weight is 335 g/mol. The predicted octanol–water partition coefficient (Wildman–Crippen LogP) is 2.32. The zero-order chi connectivity index (χ0) is 16.7. The molecule has 23 heavy (non-hydrogen) atoms. The van der Waals surface area contributed by atoms with Gasteiger partial charge in [-0.2, -0.15) is 0 Å². The monoisotopic (exact) mass is 335 g/mol. The molecule has 0 radical (unpaired) electrons. The largest absolute Gasteiger partial charge is 0.497 e. The Morgan fingerprint density at radius 3 is 2.52 bits per heavy atom. The van der Waals surface area contributed by atoms with Crippen molar-refractivity contribution in [2.45, 2.75) is 19.4 Å². The van der Waals surface area contributed by atoms with Crippen LogP contribution in [-0.2, 0) is 11.2 Å². The van der Waals surface area contributed by atoms with Crippen LogP contribution in [0.4, 0.5) is 5.13 Å². The lowest BCUT2D eigenvalue weighted by molar-refractivity contribution is -0.117. The first-order chi connectivity index (χ1) is 11.1. The van der Waals surface area contributed by atoms with Gasteiger partial charge in [-0.25, -0.2) is 4.98 Å². The lowest BCUT2D eigenvalue weighted by Crippen LogP contribution is -2.39. The van der Waals surface area contributed by atoms with Gasteiger partial charge in [0.25, 0.3) is 0 Å². The molecule has 1 atom stereocenters. The highest BCUT2D eigenvalue weighted by Crippen LogP contribution is 2.22. The summed E-state index contributed by atoms with van der Waals surface area (Å²) in [5.74, 6) is 1.42. The number of aromatic nitrogens is 1. The lowest BCUT2D eigenvalue weighted by Gasteiger charge is -2.13. The molecule has 0 aliphatic carbocycles. The Bertz CT molecular complexity index is 609. The molecular formula is C16H21N3O3S. The Labute approximate surface area is 139 Å². The van der Waals surface area contributed by atoms with E-state index in [4.69, 9.17) is 9.47 Å². The molecule has 0 aliphatic rings. The van der Waals surface area contributed by atoms with Crippen LogP contribution < -0.4 is 20.1 Å². The molecule has 0 saturated carbocycles. The van der Waals surface area contributed by atoms with Gasteiger partial charge in [-0.15, -0.1) is 11.3 Å². The number of thiazole rings is 1. The first-order valence-corrected chi connectivity index (χ1v) is 8.16. The number of methoxy groups -OCH3 is 2. The number of hydrogen-bond acceptors (Lipinski definition) is 6. The Kier molecular flexibility index (Phi) is 6.37. The van der Waals surface area contributed by atoms with Crippen LogP contribution in [-0.4, -0.2) is 37.7 Å². The van der Waals surface area contributed by atoms with E-state index in [-0.39, 0.29) is 11.9 Å². The summed E-state index contributed by atoms with van der Waals surface area (Å²) in [7, 11) is 3.25. The molecule has 1 heterocycles. The van der Waals surface area contributed by atoms with Crippen LogP contribution in [0, 0.1) is 0 Å². The first kappa shape index (κ1) is 17.2. The molecule has 0 saturated heterocycles. The zero-order valence-corrected chi connectivity index (χ0v) is 14.3. The Hall–Kier alpha value is -2.12. The fourth-order valence-electron chi connectivity index (χ4n) is 2.04. The van der Waals surface area contributed by atoms with Gasteiger partial charge in [0.1, 0.15) is 11.5 Å². The minimum Gasteiger partial charge on any atom is -0.497 e.